The van der Waals surface area contributed by atoms with Crippen molar-refractivity contribution in [3.63, 3.8) is 0 Å². The summed E-state index contributed by atoms with van der Waals surface area (Å²) in [6, 6.07) is 19.0. The highest BCUT2D eigenvalue weighted by molar-refractivity contribution is 5.93. The van der Waals surface area contributed by atoms with E-state index < -0.39 is 0 Å². The van der Waals surface area contributed by atoms with Gasteiger partial charge in [0.05, 0.1) is 5.52 Å². The SMILES string of the molecule is Cc1ccc(NCC(C)c2ccccc2)c2cccnc12. The van der Waals surface area contributed by atoms with Crippen LogP contribution in [0, 0.1) is 6.92 Å². The molecule has 0 amide bonds. The van der Waals surface area contributed by atoms with Crippen LogP contribution in [0.3, 0.4) is 0 Å². The zero-order chi connectivity index (χ0) is 14.7. The molecule has 0 bridgehead atoms. The van der Waals surface area contributed by atoms with Gasteiger partial charge in [-0.15, -0.1) is 0 Å². The standard InChI is InChI=1S/C19H20N2/c1-14-10-11-18(17-9-6-12-20-19(14)17)21-13-15(2)16-7-4-3-5-8-16/h3-12,15,21H,13H2,1-2H3. The largest absolute Gasteiger partial charge is 0.384 e. The third-order valence-electron chi connectivity index (χ3n) is 3.94. The molecule has 2 heteroatoms. The molecule has 0 aliphatic rings. The van der Waals surface area contributed by atoms with Crippen molar-refractivity contribution in [1.29, 1.82) is 0 Å². The number of rotatable bonds is 4. The van der Waals surface area contributed by atoms with E-state index in [0.717, 1.165) is 17.7 Å². The Labute approximate surface area is 125 Å². The number of fused-ring (bicyclic) bond motifs is 1. The summed E-state index contributed by atoms with van der Waals surface area (Å²) < 4.78 is 0. The van der Waals surface area contributed by atoms with Crippen LogP contribution in [0.15, 0.2) is 60.8 Å². The summed E-state index contributed by atoms with van der Waals surface area (Å²) in [7, 11) is 0. The first-order chi connectivity index (χ1) is 10.3. The summed E-state index contributed by atoms with van der Waals surface area (Å²) >= 11 is 0. The van der Waals surface area contributed by atoms with Crippen molar-refractivity contribution in [1.82, 2.24) is 4.98 Å². The third kappa shape index (κ3) is 2.89. The Hall–Kier alpha value is -2.35. The van der Waals surface area contributed by atoms with Gasteiger partial charge in [-0.25, -0.2) is 0 Å². The van der Waals surface area contributed by atoms with E-state index in [0.29, 0.717) is 5.92 Å². The Morgan fingerprint density at radius 1 is 1.00 bits per heavy atom. The number of hydrogen-bond acceptors (Lipinski definition) is 2. The zero-order valence-electron chi connectivity index (χ0n) is 12.5. The monoisotopic (exact) mass is 276 g/mol. The lowest BCUT2D eigenvalue weighted by Crippen LogP contribution is -2.10. The maximum Gasteiger partial charge on any atom is 0.0751 e. The molecule has 1 aromatic heterocycles. The van der Waals surface area contributed by atoms with E-state index in [1.54, 1.807) is 0 Å². The molecule has 1 atom stereocenters. The predicted molar refractivity (Wildman–Crippen MR) is 89.8 cm³/mol. The lowest BCUT2D eigenvalue weighted by atomic mass is 10.0. The molecule has 0 aliphatic heterocycles. The zero-order valence-corrected chi connectivity index (χ0v) is 12.5. The van der Waals surface area contributed by atoms with Crippen molar-refractivity contribution < 1.29 is 0 Å². The fraction of sp³-hybridized carbons (Fsp3) is 0.211. The lowest BCUT2D eigenvalue weighted by molar-refractivity contribution is 0.805. The topological polar surface area (TPSA) is 24.9 Å². The minimum absolute atomic E-state index is 0.472. The van der Waals surface area contributed by atoms with E-state index in [1.807, 2.05) is 12.3 Å². The molecular weight excluding hydrogens is 256 g/mol. The molecule has 0 fully saturated rings. The van der Waals surface area contributed by atoms with Gasteiger partial charge in [0, 0.05) is 23.8 Å². The summed E-state index contributed by atoms with van der Waals surface area (Å²) in [5.74, 6) is 0.472. The molecule has 0 aliphatic carbocycles. The van der Waals surface area contributed by atoms with Crippen molar-refractivity contribution in [3.8, 4) is 0 Å². The smallest absolute Gasteiger partial charge is 0.0751 e. The van der Waals surface area contributed by atoms with Crippen LogP contribution in [0.25, 0.3) is 10.9 Å². The first-order valence-corrected chi connectivity index (χ1v) is 7.39. The highest BCUT2D eigenvalue weighted by Crippen LogP contribution is 2.25. The Morgan fingerprint density at radius 3 is 2.62 bits per heavy atom. The molecule has 0 saturated carbocycles. The van der Waals surface area contributed by atoms with Gasteiger partial charge < -0.3 is 5.32 Å². The molecule has 1 N–H and O–H groups in total. The first kappa shape index (κ1) is 13.6. The summed E-state index contributed by atoms with van der Waals surface area (Å²) in [5.41, 5.74) is 4.81. The Kier molecular flexibility index (Phi) is 3.87. The third-order valence-corrected chi connectivity index (χ3v) is 3.94. The molecule has 1 unspecified atom stereocenters. The van der Waals surface area contributed by atoms with Crippen LogP contribution >= 0.6 is 0 Å². The highest BCUT2D eigenvalue weighted by atomic mass is 14.9. The van der Waals surface area contributed by atoms with Crippen LogP contribution in [0.5, 0.6) is 0 Å². The minimum atomic E-state index is 0.472. The average Bonchev–Trinajstić information content (AvgIpc) is 2.55. The average molecular weight is 276 g/mol. The second-order valence-electron chi connectivity index (χ2n) is 5.52. The summed E-state index contributed by atoms with van der Waals surface area (Å²) in [4.78, 5) is 4.49. The van der Waals surface area contributed by atoms with Crippen molar-refractivity contribution in [2.45, 2.75) is 19.8 Å². The van der Waals surface area contributed by atoms with Crippen molar-refractivity contribution in [2.24, 2.45) is 0 Å². The fourth-order valence-corrected chi connectivity index (χ4v) is 2.63. The van der Waals surface area contributed by atoms with E-state index >= 15 is 0 Å². The Balaban J connectivity index is 1.81. The van der Waals surface area contributed by atoms with Gasteiger partial charge in [-0.3, -0.25) is 4.98 Å². The van der Waals surface area contributed by atoms with Crippen LogP contribution in [0.1, 0.15) is 24.0 Å². The van der Waals surface area contributed by atoms with E-state index in [-0.39, 0.29) is 0 Å². The minimum Gasteiger partial charge on any atom is -0.384 e. The highest BCUT2D eigenvalue weighted by Gasteiger charge is 2.07. The van der Waals surface area contributed by atoms with Crippen LogP contribution in [-0.4, -0.2) is 11.5 Å². The van der Waals surface area contributed by atoms with Crippen LogP contribution < -0.4 is 5.32 Å². The van der Waals surface area contributed by atoms with Crippen LogP contribution in [0.4, 0.5) is 5.69 Å². The maximum atomic E-state index is 4.49. The van der Waals surface area contributed by atoms with Gasteiger partial charge in [0.25, 0.3) is 0 Å². The molecule has 2 aromatic carbocycles. The molecule has 0 spiro atoms. The van der Waals surface area contributed by atoms with Gasteiger partial charge in [0.2, 0.25) is 0 Å². The second kappa shape index (κ2) is 5.96. The lowest BCUT2D eigenvalue weighted by Gasteiger charge is -2.16. The summed E-state index contributed by atoms with van der Waals surface area (Å²) in [5, 5.41) is 4.77. The number of aryl methyl sites for hydroxylation is 1. The van der Waals surface area contributed by atoms with E-state index in [9.17, 15) is 0 Å². The molecule has 1 heterocycles. The number of anilines is 1. The summed E-state index contributed by atoms with van der Waals surface area (Å²) in [6.45, 7) is 5.26. The van der Waals surface area contributed by atoms with Gasteiger partial charge in [-0.1, -0.05) is 43.3 Å². The molecule has 106 valence electrons. The van der Waals surface area contributed by atoms with Crippen molar-refractivity contribution in [3.05, 3.63) is 71.9 Å². The first-order valence-electron chi connectivity index (χ1n) is 7.39. The summed E-state index contributed by atoms with van der Waals surface area (Å²) in [6.07, 6.45) is 1.85. The fourth-order valence-electron chi connectivity index (χ4n) is 2.63. The number of benzene rings is 2. The molecule has 3 rings (SSSR count). The molecule has 0 saturated heterocycles. The Morgan fingerprint density at radius 2 is 1.81 bits per heavy atom. The molecule has 21 heavy (non-hydrogen) atoms. The van der Waals surface area contributed by atoms with Gasteiger partial charge >= 0.3 is 0 Å². The number of nitrogens with one attached hydrogen (secondary N) is 1. The molecular formula is C19H20N2. The van der Waals surface area contributed by atoms with Crippen molar-refractivity contribution in [2.75, 3.05) is 11.9 Å². The van der Waals surface area contributed by atoms with E-state index in [2.05, 4.69) is 72.7 Å². The van der Waals surface area contributed by atoms with E-state index in [1.165, 1.54) is 16.5 Å². The molecule has 3 aromatic rings. The van der Waals surface area contributed by atoms with E-state index in [4.69, 9.17) is 0 Å². The maximum absolute atomic E-state index is 4.49. The number of aromatic nitrogens is 1. The molecule has 0 radical (unpaired) electrons. The Bertz CT molecular complexity index is 735. The van der Waals surface area contributed by atoms with Gasteiger partial charge in [0.15, 0.2) is 0 Å². The number of pyridine rings is 1. The van der Waals surface area contributed by atoms with Crippen LogP contribution in [0.2, 0.25) is 0 Å². The van der Waals surface area contributed by atoms with Gasteiger partial charge in [0.1, 0.15) is 0 Å². The van der Waals surface area contributed by atoms with Crippen LogP contribution in [-0.2, 0) is 0 Å². The second-order valence-corrected chi connectivity index (χ2v) is 5.52. The number of nitrogens with zero attached hydrogens (tertiary/aromatic N) is 1. The quantitative estimate of drug-likeness (QED) is 0.743. The van der Waals surface area contributed by atoms with Gasteiger partial charge in [-0.2, -0.15) is 0 Å². The molecule has 2 nitrogen and oxygen atoms in total. The van der Waals surface area contributed by atoms with Crippen molar-refractivity contribution >= 4 is 16.6 Å². The van der Waals surface area contributed by atoms with Gasteiger partial charge in [-0.05, 0) is 42.2 Å². The normalized spacial score (nSPS) is 12.3. The predicted octanol–water partition coefficient (Wildman–Crippen LogP) is 4.76. The number of hydrogen-bond donors (Lipinski definition) is 1.